The number of hydrogen-bond donors (Lipinski definition) is 2. The van der Waals surface area contributed by atoms with E-state index in [0.29, 0.717) is 30.6 Å². The zero-order valence-corrected chi connectivity index (χ0v) is 17.1. The topological polar surface area (TPSA) is 80.7 Å². The molecule has 6 nitrogen and oxygen atoms in total. The van der Waals surface area contributed by atoms with E-state index >= 15 is 0 Å². The van der Waals surface area contributed by atoms with Crippen molar-refractivity contribution in [3.8, 4) is 17.0 Å². The Bertz CT molecular complexity index is 887. The Balaban J connectivity index is 1.88. The highest BCUT2D eigenvalue weighted by molar-refractivity contribution is 5.95. The second kappa shape index (κ2) is 10.1. The number of carbonyl (C=O) groups excluding carboxylic acids is 1. The quantitative estimate of drug-likeness (QED) is 0.643. The Hall–Kier alpha value is -2.65. The molecule has 1 aliphatic rings. The number of methoxy groups -OCH3 is 1. The van der Waals surface area contributed by atoms with Gasteiger partial charge in [-0.25, -0.2) is 4.98 Å². The number of rotatable bonds is 7. The van der Waals surface area contributed by atoms with Crippen molar-refractivity contribution in [2.75, 3.05) is 20.3 Å². The van der Waals surface area contributed by atoms with Crippen molar-refractivity contribution in [2.45, 2.75) is 44.0 Å². The fraction of sp³-hybridized carbons (Fsp3) is 0.455. The molecule has 2 aromatic rings. The van der Waals surface area contributed by atoms with Crippen LogP contribution in [0.2, 0.25) is 0 Å². The van der Waals surface area contributed by atoms with E-state index in [-0.39, 0.29) is 24.1 Å². The van der Waals surface area contributed by atoms with Gasteiger partial charge < -0.3 is 19.9 Å². The zero-order valence-electron chi connectivity index (χ0n) is 17.1. The molecule has 1 saturated carbocycles. The first kappa shape index (κ1) is 23.0. The molecule has 31 heavy (non-hydrogen) atoms. The van der Waals surface area contributed by atoms with Crippen molar-refractivity contribution in [3.05, 3.63) is 47.7 Å². The van der Waals surface area contributed by atoms with Gasteiger partial charge in [0.1, 0.15) is 6.61 Å². The second-order valence-corrected chi connectivity index (χ2v) is 7.42. The molecule has 2 atom stereocenters. The first-order valence-electron chi connectivity index (χ1n) is 10.1. The highest BCUT2D eigenvalue weighted by atomic mass is 19.4. The number of aromatic nitrogens is 1. The summed E-state index contributed by atoms with van der Waals surface area (Å²) in [5.41, 5.74) is 0.278. The Morgan fingerprint density at radius 2 is 1.90 bits per heavy atom. The molecule has 3 rings (SSSR count). The molecular weight excluding hydrogens is 413 g/mol. The molecule has 0 bridgehead atoms. The Labute approximate surface area is 178 Å². The summed E-state index contributed by atoms with van der Waals surface area (Å²) < 4.78 is 49.3. The number of halogens is 3. The number of aliphatic hydroxyl groups excluding tert-OH is 1. The molecule has 9 heteroatoms. The van der Waals surface area contributed by atoms with Crippen LogP contribution >= 0.6 is 0 Å². The van der Waals surface area contributed by atoms with Gasteiger partial charge in [0.25, 0.3) is 5.91 Å². The van der Waals surface area contributed by atoms with E-state index in [2.05, 4.69) is 10.3 Å². The van der Waals surface area contributed by atoms with Crippen molar-refractivity contribution in [2.24, 2.45) is 0 Å². The molecule has 0 unspecified atom stereocenters. The van der Waals surface area contributed by atoms with Crippen LogP contribution in [0.3, 0.4) is 0 Å². The zero-order chi connectivity index (χ0) is 22.4. The van der Waals surface area contributed by atoms with E-state index in [0.717, 1.165) is 25.0 Å². The van der Waals surface area contributed by atoms with E-state index in [4.69, 9.17) is 9.47 Å². The maximum atomic E-state index is 12.9. The maximum absolute atomic E-state index is 12.9. The van der Waals surface area contributed by atoms with Crippen LogP contribution in [0.5, 0.6) is 5.88 Å². The van der Waals surface area contributed by atoms with Gasteiger partial charge in [-0.05, 0) is 36.6 Å². The standard InChI is InChI=1S/C22H25F3N2O4/c1-30-10-11-31-21-17(14-6-8-16(9-7-14)22(23,24)25)12-15(13-26-21)20(29)27-18-4-2-3-5-19(18)28/h6-9,12-13,18-19,28H,2-5,10-11H2,1H3,(H,27,29)/t18-,19-/m1/s1. The van der Waals surface area contributed by atoms with Gasteiger partial charge in [0, 0.05) is 18.9 Å². The number of amides is 1. The number of ether oxygens (including phenoxy) is 2. The van der Waals surface area contributed by atoms with Crippen LogP contribution in [-0.2, 0) is 10.9 Å². The SMILES string of the molecule is COCCOc1ncc(C(=O)N[C@@H]2CCCC[C@H]2O)cc1-c1ccc(C(F)(F)F)cc1. The van der Waals surface area contributed by atoms with Crippen LogP contribution in [0.15, 0.2) is 36.5 Å². The average molecular weight is 438 g/mol. The smallest absolute Gasteiger partial charge is 0.416 e. The summed E-state index contributed by atoms with van der Waals surface area (Å²) >= 11 is 0. The lowest BCUT2D eigenvalue weighted by molar-refractivity contribution is -0.137. The van der Waals surface area contributed by atoms with E-state index in [1.54, 1.807) is 0 Å². The molecule has 0 radical (unpaired) electrons. The summed E-state index contributed by atoms with van der Waals surface area (Å²) in [7, 11) is 1.51. The Morgan fingerprint density at radius 3 is 2.55 bits per heavy atom. The Kier molecular flexibility index (Phi) is 7.50. The van der Waals surface area contributed by atoms with Gasteiger partial charge in [-0.15, -0.1) is 0 Å². The first-order valence-corrected chi connectivity index (χ1v) is 10.1. The monoisotopic (exact) mass is 438 g/mol. The third-order valence-electron chi connectivity index (χ3n) is 5.21. The molecule has 168 valence electrons. The molecule has 1 amide bonds. The number of pyridine rings is 1. The summed E-state index contributed by atoms with van der Waals surface area (Å²) in [6.07, 6.45) is -0.547. The minimum atomic E-state index is -4.45. The van der Waals surface area contributed by atoms with Gasteiger partial charge in [-0.2, -0.15) is 13.2 Å². The van der Waals surface area contributed by atoms with Crippen molar-refractivity contribution in [1.82, 2.24) is 10.3 Å². The van der Waals surface area contributed by atoms with Crippen molar-refractivity contribution >= 4 is 5.91 Å². The highest BCUT2D eigenvalue weighted by Gasteiger charge is 2.30. The minimum Gasteiger partial charge on any atom is -0.475 e. The number of hydrogen-bond acceptors (Lipinski definition) is 5. The summed E-state index contributed by atoms with van der Waals surface area (Å²) in [6.45, 7) is 0.493. The number of benzene rings is 1. The molecule has 1 fully saturated rings. The van der Waals surface area contributed by atoms with Crippen molar-refractivity contribution < 1.29 is 32.5 Å². The van der Waals surface area contributed by atoms with Gasteiger partial charge >= 0.3 is 6.18 Å². The molecule has 0 aliphatic heterocycles. The van der Waals surface area contributed by atoms with E-state index < -0.39 is 23.8 Å². The van der Waals surface area contributed by atoms with Gasteiger partial charge in [0.05, 0.1) is 29.9 Å². The number of alkyl halides is 3. The van der Waals surface area contributed by atoms with Gasteiger partial charge in [0.2, 0.25) is 5.88 Å². The van der Waals surface area contributed by atoms with Gasteiger partial charge in [-0.1, -0.05) is 25.0 Å². The number of carbonyl (C=O) groups is 1. The molecular formula is C22H25F3N2O4. The molecule has 1 aromatic carbocycles. The van der Waals surface area contributed by atoms with Crippen LogP contribution in [0.4, 0.5) is 13.2 Å². The van der Waals surface area contributed by atoms with Crippen LogP contribution in [-0.4, -0.2) is 48.5 Å². The fourth-order valence-corrected chi connectivity index (χ4v) is 3.49. The van der Waals surface area contributed by atoms with Crippen molar-refractivity contribution in [1.29, 1.82) is 0 Å². The highest BCUT2D eigenvalue weighted by Crippen LogP contribution is 2.34. The van der Waals surface area contributed by atoms with Crippen LogP contribution < -0.4 is 10.1 Å². The molecule has 1 aliphatic carbocycles. The van der Waals surface area contributed by atoms with Gasteiger partial charge in [0.15, 0.2) is 0 Å². The first-order chi connectivity index (χ1) is 14.8. The van der Waals surface area contributed by atoms with E-state index in [1.165, 1.54) is 31.5 Å². The second-order valence-electron chi connectivity index (χ2n) is 7.42. The predicted molar refractivity (Wildman–Crippen MR) is 108 cm³/mol. The lowest BCUT2D eigenvalue weighted by Gasteiger charge is -2.28. The lowest BCUT2D eigenvalue weighted by atomic mass is 9.92. The third kappa shape index (κ3) is 5.95. The normalized spacial score (nSPS) is 19.1. The number of nitrogens with zero attached hydrogens (tertiary/aromatic N) is 1. The van der Waals surface area contributed by atoms with Crippen molar-refractivity contribution in [3.63, 3.8) is 0 Å². The summed E-state index contributed by atoms with van der Waals surface area (Å²) in [6, 6.07) is 5.76. The molecule has 1 heterocycles. The fourth-order valence-electron chi connectivity index (χ4n) is 3.49. The number of aliphatic hydroxyl groups is 1. The average Bonchev–Trinajstić information content (AvgIpc) is 2.75. The summed E-state index contributed by atoms with van der Waals surface area (Å²) in [4.78, 5) is 16.9. The summed E-state index contributed by atoms with van der Waals surface area (Å²) in [5, 5.41) is 12.9. The maximum Gasteiger partial charge on any atom is 0.416 e. The van der Waals surface area contributed by atoms with Crippen LogP contribution in [0, 0.1) is 0 Å². The van der Waals surface area contributed by atoms with E-state index in [1.807, 2.05) is 0 Å². The van der Waals surface area contributed by atoms with Crippen LogP contribution in [0.1, 0.15) is 41.6 Å². The third-order valence-corrected chi connectivity index (χ3v) is 5.21. The molecule has 0 saturated heterocycles. The molecule has 1 aromatic heterocycles. The lowest BCUT2D eigenvalue weighted by Crippen LogP contribution is -2.45. The van der Waals surface area contributed by atoms with E-state index in [9.17, 15) is 23.1 Å². The van der Waals surface area contributed by atoms with Crippen LogP contribution in [0.25, 0.3) is 11.1 Å². The van der Waals surface area contributed by atoms with Gasteiger partial charge in [-0.3, -0.25) is 4.79 Å². The largest absolute Gasteiger partial charge is 0.475 e. The predicted octanol–water partition coefficient (Wildman–Crippen LogP) is 3.83. The Morgan fingerprint density at radius 1 is 1.19 bits per heavy atom. The number of nitrogens with one attached hydrogen (secondary N) is 1. The molecule has 0 spiro atoms. The summed E-state index contributed by atoms with van der Waals surface area (Å²) in [5.74, 6) is -0.221. The molecule has 2 N–H and O–H groups in total. The minimum absolute atomic E-state index is 0.186.